The molecule has 3 rings (SSSR count). The van der Waals surface area contributed by atoms with Gasteiger partial charge in [0.25, 0.3) is 5.91 Å². The van der Waals surface area contributed by atoms with Crippen LogP contribution in [0.3, 0.4) is 0 Å². The van der Waals surface area contributed by atoms with Crippen LogP contribution in [0.1, 0.15) is 38.2 Å². The van der Waals surface area contributed by atoms with Gasteiger partial charge >= 0.3 is 12.2 Å². The Morgan fingerprint density at radius 2 is 2.00 bits per heavy atom. The summed E-state index contributed by atoms with van der Waals surface area (Å²) in [4.78, 5) is 38.1. The molecule has 0 aromatic heterocycles. The van der Waals surface area contributed by atoms with Crippen LogP contribution in [0.15, 0.2) is 24.3 Å². The predicted molar refractivity (Wildman–Crippen MR) is 90.7 cm³/mol. The summed E-state index contributed by atoms with van der Waals surface area (Å²) < 4.78 is 39.1. The highest BCUT2D eigenvalue weighted by Crippen LogP contribution is 2.38. The zero-order valence-electron chi connectivity index (χ0n) is 14.7. The Labute approximate surface area is 154 Å². The van der Waals surface area contributed by atoms with E-state index in [9.17, 15) is 27.6 Å². The number of nitrogens with one attached hydrogen (secondary N) is 2. The predicted octanol–water partition coefficient (Wildman–Crippen LogP) is 3.14. The topological polar surface area (TPSA) is 78.5 Å². The smallest absolute Gasteiger partial charge is 0.324 e. The molecule has 1 aromatic carbocycles. The highest BCUT2D eigenvalue weighted by molar-refractivity contribution is 6.10. The lowest BCUT2D eigenvalue weighted by Crippen LogP contribution is -2.54. The van der Waals surface area contributed by atoms with Crippen LogP contribution in [0.25, 0.3) is 0 Å². The molecule has 0 unspecified atom stereocenters. The summed E-state index contributed by atoms with van der Waals surface area (Å²) in [5.74, 6) is -1.42. The summed E-state index contributed by atoms with van der Waals surface area (Å²) >= 11 is 0. The Balaban J connectivity index is 1.74. The molecule has 2 atom stereocenters. The Hall–Kier alpha value is -2.58. The minimum absolute atomic E-state index is 0.0679. The molecule has 1 saturated carbocycles. The number of imide groups is 1. The van der Waals surface area contributed by atoms with Crippen LogP contribution in [-0.4, -0.2) is 34.8 Å². The van der Waals surface area contributed by atoms with Gasteiger partial charge < -0.3 is 10.6 Å². The fourth-order valence-electron chi connectivity index (χ4n) is 3.81. The molecule has 27 heavy (non-hydrogen) atoms. The van der Waals surface area contributed by atoms with Crippen molar-refractivity contribution in [3.63, 3.8) is 0 Å². The molecule has 2 N–H and O–H groups in total. The van der Waals surface area contributed by atoms with Crippen LogP contribution in [-0.2, 0) is 15.8 Å². The van der Waals surface area contributed by atoms with Crippen molar-refractivity contribution in [2.45, 2.75) is 44.3 Å². The first-order chi connectivity index (χ1) is 12.6. The second kappa shape index (κ2) is 6.86. The van der Waals surface area contributed by atoms with Crippen molar-refractivity contribution < 1.29 is 27.6 Å². The minimum atomic E-state index is -4.63. The van der Waals surface area contributed by atoms with Gasteiger partial charge in [-0.1, -0.05) is 31.9 Å². The number of anilines is 1. The van der Waals surface area contributed by atoms with Crippen molar-refractivity contribution in [3.8, 4) is 0 Å². The molecule has 1 heterocycles. The molecule has 0 radical (unpaired) electrons. The molecule has 1 aliphatic heterocycles. The van der Waals surface area contributed by atoms with E-state index in [0.29, 0.717) is 6.42 Å². The van der Waals surface area contributed by atoms with Gasteiger partial charge in [-0.2, -0.15) is 13.2 Å². The maximum absolute atomic E-state index is 13.0. The fraction of sp³-hybridized carbons (Fsp3) is 0.500. The molecular formula is C18H20F3N3O3. The number of carbonyl (C=O) groups is 3. The Kier molecular flexibility index (Phi) is 4.88. The van der Waals surface area contributed by atoms with E-state index < -0.39 is 47.4 Å². The number of rotatable bonds is 3. The summed E-state index contributed by atoms with van der Waals surface area (Å²) in [6, 6.07) is 3.86. The SMILES string of the molecule is C[C@H]1CCCC[C@@]12NC(=O)N(CC(=O)Nc1ccccc1C(F)(F)F)C2=O. The van der Waals surface area contributed by atoms with Crippen molar-refractivity contribution in [3.05, 3.63) is 29.8 Å². The Morgan fingerprint density at radius 3 is 2.67 bits per heavy atom. The average Bonchev–Trinajstić information content (AvgIpc) is 2.82. The number of halogens is 3. The minimum Gasteiger partial charge on any atom is -0.324 e. The van der Waals surface area contributed by atoms with Gasteiger partial charge in [-0.25, -0.2) is 4.79 Å². The third kappa shape index (κ3) is 3.50. The van der Waals surface area contributed by atoms with Gasteiger partial charge in [0.15, 0.2) is 0 Å². The van der Waals surface area contributed by atoms with E-state index in [4.69, 9.17) is 0 Å². The number of amides is 4. The van der Waals surface area contributed by atoms with Crippen LogP contribution < -0.4 is 10.6 Å². The molecule has 2 aliphatic rings. The number of benzene rings is 1. The molecule has 6 nitrogen and oxygen atoms in total. The van der Waals surface area contributed by atoms with Crippen molar-refractivity contribution in [1.82, 2.24) is 10.2 Å². The number of nitrogens with zero attached hydrogens (tertiary/aromatic N) is 1. The number of para-hydroxylation sites is 1. The molecule has 0 bridgehead atoms. The molecule has 9 heteroatoms. The first-order valence-electron chi connectivity index (χ1n) is 8.75. The molecule has 1 aromatic rings. The summed E-state index contributed by atoms with van der Waals surface area (Å²) in [7, 11) is 0. The van der Waals surface area contributed by atoms with E-state index in [1.165, 1.54) is 12.1 Å². The first-order valence-corrected chi connectivity index (χ1v) is 8.75. The van der Waals surface area contributed by atoms with Crippen LogP contribution in [0.4, 0.5) is 23.7 Å². The zero-order valence-corrected chi connectivity index (χ0v) is 14.7. The monoisotopic (exact) mass is 383 g/mol. The number of hydrogen-bond acceptors (Lipinski definition) is 3. The summed E-state index contributed by atoms with van der Waals surface area (Å²) in [6.45, 7) is 1.24. The lowest BCUT2D eigenvalue weighted by Gasteiger charge is -2.36. The maximum Gasteiger partial charge on any atom is 0.418 e. The summed E-state index contributed by atoms with van der Waals surface area (Å²) in [5.41, 5.74) is -2.42. The van der Waals surface area contributed by atoms with E-state index >= 15 is 0 Å². The number of carbonyl (C=O) groups excluding carboxylic acids is 3. The van der Waals surface area contributed by atoms with Gasteiger partial charge in [0.05, 0.1) is 11.3 Å². The van der Waals surface area contributed by atoms with E-state index in [2.05, 4.69) is 10.6 Å². The van der Waals surface area contributed by atoms with Gasteiger partial charge in [0, 0.05) is 0 Å². The normalized spacial score (nSPS) is 25.6. The van der Waals surface area contributed by atoms with Crippen LogP contribution in [0.2, 0.25) is 0 Å². The molecule has 1 spiro atoms. The van der Waals surface area contributed by atoms with Gasteiger partial charge in [-0.05, 0) is 30.9 Å². The third-order valence-corrected chi connectivity index (χ3v) is 5.31. The summed E-state index contributed by atoms with van der Waals surface area (Å²) in [5, 5.41) is 4.86. The maximum atomic E-state index is 13.0. The Bertz CT molecular complexity index is 781. The van der Waals surface area contributed by atoms with Gasteiger partial charge in [-0.3, -0.25) is 14.5 Å². The molecule has 1 aliphatic carbocycles. The molecular weight excluding hydrogens is 363 g/mol. The fourth-order valence-corrected chi connectivity index (χ4v) is 3.81. The van der Waals surface area contributed by atoms with Gasteiger partial charge in [-0.15, -0.1) is 0 Å². The standard InChI is InChI=1S/C18H20F3N3O3/c1-11-6-4-5-9-17(11)15(26)24(16(27)23-17)10-14(25)22-13-8-3-2-7-12(13)18(19,20)21/h2-3,7-8,11H,4-6,9-10H2,1H3,(H,22,25)(H,23,27)/t11-,17+/m0/s1. The lowest BCUT2D eigenvalue weighted by atomic mass is 9.73. The van der Waals surface area contributed by atoms with Crippen LogP contribution in [0, 0.1) is 5.92 Å². The van der Waals surface area contributed by atoms with Crippen molar-refractivity contribution in [1.29, 1.82) is 0 Å². The average molecular weight is 383 g/mol. The quantitative estimate of drug-likeness (QED) is 0.787. The van der Waals surface area contributed by atoms with Gasteiger partial charge in [0.2, 0.25) is 5.91 Å². The van der Waals surface area contributed by atoms with E-state index in [1.807, 2.05) is 6.92 Å². The van der Waals surface area contributed by atoms with Crippen LogP contribution >= 0.6 is 0 Å². The number of hydrogen-bond donors (Lipinski definition) is 2. The van der Waals surface area contributed by atoms with Crippen molar-refractivity contribution in [2.24, 2.45) is 5.92 Å². The van der Waals surface area contributed by atoms with E-state index in [1.54, 1.807) is 0 Å². The number of urea groups is 1. The van der Waals surface area contributed by atoms with Crippen molar-refractivity contribution in [2.75, 3.05) is 11.9 Å². The van der Waals surface area contributed by atoms with Crippen molar-refractivity contribution >= 4 is 23.5 Å². The van der Waals surface area contributed by atoms with E-state index in [0.717, 1.165) is 36.3 Å². The Morgan fingerprint density at radius 1 is 1.30 bits per heavy atom. The second-order valence-corrected chi connectivity index (χ2v) is 7.03. The highest BCUT2D eigenvalue weighted by atomic mass is 19.4. The van der Waals surface area contributed by atoms with Crippen LogP contribution in [0.5, 0.6) is 0 Å². The largest absolute Gasteiger partial charge is 0.418 e. The molecule has 4 amide bonds. The summed E-state index contributed by atoms with van der Waals surface area (Å²) in [6.07, 6.45) is -1.61. The number of alkyl halides is 3. The highest BCUT2D eigenvalue weighted by Gasteiger charge is 2.55. The second-order valence-electron chi connectivity index (χ2n) is 7.03. The van der Waals surface area contributed by atoms with E-state index in [-0.39, 0.29) is 5.92 Å². The molecule has 146 valence electrons. The first kappa shape index (κ1) is 19.2. The molecule has 1 saturated heterocycles. The molecule has 2 fully saturated rings. The third-order valence-electron chi connectivity index (χ3n) is 5.31. The van der Waals surface area contributed by atoms with Gasteiger partial charge in [0.1, 0.15) is 12.1 Å². The zero-order chi connectivity index (χ0) is 19.8. The lowest BCUT2D eigenvalue weighted by molar-refractivity contribution is -0.138.